The van der Waals surface area contributed by atoms with Crippen LogP contribution in [-0.4, -0.2) is 14.2 Å². The molecule has 2 heteroatoms. The van der Waals surface area contributed by atoms with Crippen LogP contribution in [0.2, 0.25) is 0 Å². The van der Waals surface area contributed by atoms with Crippen molar-refractivity contribution in [3.63, 3.8) is 0 Å². The van der Waals surface area contributed by atoms with E-state index < -0.39 is 0 Å². The van der Waals surface area contributed by atoms with Crippen molar-refractivity contribution in [2.24, 2.45) is 0 Å². The van der Waals surface area contributed by atoms with Crippen molar-refractivity contribution in [3.8, 4) is 11.5 Å². The van der Waals surface area contributed by atoms with Gasteiger partial charge in [0.1, 0.15) is 11.5 Å². The number of rotatable bonds is 2. The molecule has 0 heterocycles. The van der Waals surface area contributed by atoms with Gasteiger partial charge in [0.15, 0.2) is 0 Å². The number of fused-ring (bicyclic) bond motifs is 7. The first kappa shape index (κ1) is 15.0. The SMILES string of the molecule is COc1ccc2ccc3ccc4ccc5ccc(OC)cc5c4c3c2c1. The molecule has 5 aromatic carbocycles. The van der Waals surface area contributed by atoms with E-state index in [0.29, 0.717) is 0 Å². The van der Waals surface area contributed by atoms with Gasteiger partial charge in [-0.15, -0.1) is 0 Å². The Bertz CT molecular complexity index is 1190. The summed E-state index contributed by atoms with van der Waals surface area (Å²) in [6, 6.07) is 25.7. The van der Waals surface area contributed by atoms with Crippen molar-refractivity contribution in [3.05, 3.63) is 72.8 Å². The normalized spacial score (nSPS) is 11.5. The summed E-state index contributed by atoms with van der Waals surface area (Å²) in [5.74, 6) is 1.75. The lowest BCUT2D eigenvalue weighted by Gasteiger charge is -2.12. The van der Waals surface area contributed by atoms with Gasteiger partial charge in [0, 0.05) is 0 Å². The maximum absolute atomic E-state index is 5.49. The molecular weight excluding hydrogens is 320 g/mol. The molecule has 0 aliphatic rings. The largest absolute Gasteiger partial charge is 0.497 e. The Kier molecular flexibility index (Phi) is 3.26. The van der Waals surface area contributed by atoms with Crippen molar-refractivity contribution in [2.75, 3.05) is 14.2 Å². The van der Waals surface area contributed by atoms with E-state index in [2.05, 4.69) is 60.7 Å². The highest BCUT2D eigenvalue weighted by Crippen LogP contribution is 2.38. The molecule has 126 valence electrons. The number of benzene rings is 5. The quantitative estimate of drug-likeness (QED) is 0.351. The van der Waals surface area contributed by atoms with Gasteiger partial charge in [0.05, 0.1) is 14.2 Å². The average molecular weight is 338 g/mol. The fourth-order valence-electron chi connectivity index (χ4n) is 3.90. The fourth-order valence-corrected chi connectivity index (χ4v) is 3.90. The summed E-state index contributed by atoms with van der Waals surface area (Å²) in [4.78, 5) is 0. The summed E-state index contributed by atoms with van der Waals surface area (Å²) >= 11 is 0. The minimum atomic E-state index is 0.875. The van der Waals surface area contributed by atoms with Crippen molar-refractivity contribution in [1.82, 2.24) is 0 Å². The van der Waals surface area contributed by atoms with Crippen LogP contribution >= 0.6 is 0 Å². The minimum absolute atomic E-state index is 0.875. The minimum Gasteiger partial charge on any atom is -0.497 e. The van der Waals surface area contributed by atoms with Gasteiger partial charge in [-0.3, -0.25) is 0 Å². The first-order chi connectivity index (χ1) is 12.8. The van der Waals surface area contributed by atoms with Crippen LogP contribution in [0.15, 0.2) is 72.8 Å². The van der Waals surface area contributed by atoms with Crippen LogP contribution in [0.1, 0.15) is 0 Å². The Hall–Kier alpha value is -3.26. The first-order valence-corrected chi connectivity index (χ1v) is 8.68. The molecule has 0 spiro atoms. The van der Waals surface area contributed by atoms with Crippen LogP contribution in [-0.2, 0) is 0 Å². The molecule has 0 aliphatic carbocycles. The highest BCUT2D eigenvalue weighted by molar-refractivity contribution is 6.27. The van der Waals surface area contributed by atoms with Gasteiger partial charge in [-0.2, -0.15) is 0 Å². The second-order valence-electron chi connectivity index (χ2n) is 6.57. The van der Waals surface area contributed by atoms with E-state index in [-0.39, 0.29) is 0 Å². The van der Waals surface area contributed by atoms with Crippen molar-refractivity contribution in [2.45, 2.75) is 0 Å². The van der Waals surface area contributed by atoms with Crippen LogP contribution in [0.3, 0.4) is 0 Å². The van der Waals surface area contributed by atoms with E-state index in [0.717, 1.165) is 11.5 Å². The monoisotopic (exact) mass is 338 g/mol. The summed E-state index contributed by atoms with van der Waals surface area (Å²) < 4.78 is 11.0. The maximum Gasteiger partial charge on any atom is 0.119 e. The fraction of sp³-hybridized carbons (Fsp3) is 0.0833. The molecule has 0 unspecified atom stereocenters. The zero-order chi connectivity index (χ0) is 17.7. The van der Waals surface area contributed by atoms with Crippen LogP contribution in [0.25, 0.3) is 43.1 Å². The summed E-state index contributed by atoms with van der Waals surface area (Å²) in [6.07, 6.45) is 0. The molecule has 26 heavy (non-hydrogen) atoms. The highest BCUT2D eigenvalue weighted by Gasteiger charge is 2.10. The van der Waals surface area contributed by atoms with Crippen LogP contribution < -0.4 is 9.47 Å². The van der Waals surface area contributed by atoms with Crippen molar-refractivity contribution >= 4 is 43.1 Å². The van der Waals surface area contributed by atoms with E-state index in [9.17, 15) is 0 Å². The molecule has 0 saturated carbocycles. The Morgan fingerprint density at radius 1 is 0.462 bits per heavy atom. The van der Waals surface area contributed by atoms with Gasteiger partial charge in [-0.25, -0.2) is 0 Å². The Labute approximate surface area is 151 Å². The van der Waals surface area contributed by atoms with E-state index >= 15 is 0 Å². The smallest absolute Gasteiger partial charge is 0.119 e. The average Bonchev–Trinajstić information content (AvgIpc) is 2.71. The van der Waals surface area contributed by atoms with E-state index in [1.807, 2.05) is 12.1 Å². The van der Waals surface area contributed by atoms with Gasteiger partial charge in [0.2, 0.25) is 0 Å². The third kappa shape index (κ3) is 2.12. The third-order valence-electron chi connectivity index (χ3n) is 5.21. The molecular formula is C24H18O2. The van der Waals surface area contributed by atoms with Crippen molar-refractivity contribution in [1.29, 1.82) is 0 Å². The molecule has 0 aliphatic heterocycles. The molecule has 0 bridgehead atoms. The molecule has 5 rings (SSSR count). The van der Waals surface area contributed by atoms with E-state index in [1.54, 1.807) is 14.2 Å². The second kappa shape index (κ2) is 5.63. The van der Waals surface area contributed by atoms with Crippen LogP contribution in [0.4, 0.5) is 0 Å². The lowest BCUT2D eigenvalue weighted by Crippen LogP contribution is -1.87. The number of ether oxygens (including phenoxy) is 2. The number of methoxy groups -OCH3 is 2. The molecule has 0 saturated heterocycles. The van der Waals surface area contributed by atoms with Crippen LogP contribution in [0.5, 0.6) is 11.5 Å². The van der Waals surface area contributed by atoms with Gasteiger partial charge in [0.25, 0.3) is 0 Å². The summed E-state index contributed by atoms with van der Waals surface area (Å²) in [5, 5.41) is 9.83. The van der Waals surface area contributed by atoms with E-state index in [4.69, 9.17) is 9.47 Å². The molecule has 0 N–H and O–H groups in total. The topological polar surface area (TPSA) is 18.5 Å². The van der Waals surface area contributed by atoms with Gasteiger partial charge >= 0.3 is 0 Å². The predicted molar refractivity (Wildman–Crippen MR) is 110 cm³/mol. The molecule has 2 nitrogen and oxygen atoms in total. The molecule has 0 amide bonds. The van der Waals surface area contributed by atoms with Crippen LogP contribution in [0, 0.1) is 0 Å². The number of hydrogen-bond acceptors (Lipinski definition) is 2. The Balaban J connectivity index is 2.08. The standard InChI is InChI=1S/C24H18O2/c1-25-19-11-9-15-3-5-17-7-8-18-6-4-16-10-12-20(26-2)14-22(16)24(18)23(17)21(15)13-19/h3-14H,1-2H3. The lowest BCUT2D eigenvalue weighted by molar-refractivity contribution is 0.415. The van der Waals surface area contributed by atoms with Crippen molar-refractivity contribution < 1.29 is 9.47 Å². The Morgan fingerprint density at radius 3 is 1.19 bits per heavy atom. The molecule has 0 atom stereocenters. The molecule has 0 fully saturated rings. The summed E-state index contributed by atoms with van der Waals surface area (Å²) in [7, 11) is 3.43. The highest BCUT2D eigenvalue weighted by atomic mass is 16.5. The van der Waals surface area contributed by atoms with Gasteiger partial charge in [-0.1, -0.05) is 48.5 Å². The molecule has 5 aromatic rings. The lowest BCUT2D eigenvalue weighted by atomic mass is 9.93. The van der Waals surface area contributed by atoms with Gasteiger partial charge < -0.3 is 9.47 Å². The van der Waals surface area contributed by atoms with E-state index in [1.165, 1.54) is 43.1 Å². The second-order valence-corrected chi connectivity index (χ2v) is 6.57. The predicted octanol–water partition coefficient (Wildman–Crippen LogP) is 6.32. The molecule has 0 aromatic heterocycles. The first-order valence-electron chi connectivity index (χ1n) is 8.68. The Morgan fingerprint density at radius 2 is 0.808 bits per heavy atom. The van der Waals surface area contributed by atoms with Gasteiger partial charge in [-0.05, 0) is 67.4 Å². The summed E-state index contributed by atoms with van der Waals surface area (Å²) in [5.41, 5.74) is 0. The zero-order valence-corrected chi connectivity index (χ0v) is 14.7. The molecule has 0 radical (unpaired) electrons. The third-order valence-corrected chi connectivity index (χ3v) is 5.21. The zero-order valence-electron chi connectivity index (χ0n) is 14.7. The summed E-state index contributed by atoms with van der Waals surface area (Å²) in [6.45, 7) is 0. The maximum atomic E-state index is 5.49. The number of hydrogen-bond donors (Lipinski definition) is 0.